The number of methoxy groups -OCH3 is 1. The number of aromatic nitrogens is 4. The van der Waals surface area contributed by atoms with Crippen molar-refractivity contribution in [3.8, 4) is 5.88 Å². The molecule has 1 aliphatic rings. The van der Waals surface area contributed by atoms with Crippen LogP contribution in [0.2, 0.25) is 36.3 Å². The van der Waals surface area contributed by atoms with Crippen LogP contribution < -0.4 is 10.5 Å². The fraction of sp³-hybridized carbons (Fsp3) is 0.783. The van der Waals surface area contributed by atoms with Crippen molar-refractivity contribution in [2.24, 2.45) is 0 Å². The van der Waals surface area contributed by atoms with E-state index in [4.69, 9.17) is 24.1 Å². The van der Waals surface area contributed by atoms with Gasteiger partial charge < -0.3 is 24.1 Å². The minimum atomic E-state index is -2.04. The van der Waals surface area contributed by atoms with E-state index in [0.717, 1.165) is 0 Å². The number of ether oxygens (including phenoxy) is 2. The van der Waals surface area contributed by atoms with Crippen LogP contribution in [0.4, 0.5) is 5.82 Å². The molecule has 9 nitrogen and oxygen atoms in total. The average molecular weight is 510 g/mol. The predicted octanol–water partition coefficient (Wildman–Crippen LogP) is 5.12. The van der Waals surface area contributed by atoms with E-state index in [1.54, 1.807) is 11.8 Å². The maximum Gasteiger partial charge on any atom is 0.246 e. The molecule has 2 N–H and O–H groups in total. The number of rotatable bonds is 7. The summed E-state index contributed by atoms with van der Waals surface area (Å²) in [6.45, 7) is 23.0. The summed E-state index contributed by atoms with van der Waals surface area (Å²) in [6.07, 6.45) is 1.38. The third-order valence-electron chi connectivity index (χ3n) is 7.80. The van der Waals surface area contributed by atoms with Crippen molar-refractivity contribution in [1.82, 2.24) is 19.7 Å². The first kappa shape index (κ1) is 27.1. The molecule has 34 heavy (non-hydrogen) atoms. The van der Waals surface area contributed by atoms with E-state index >= 15 is 0 Å². The van der Waals surface area contributed by atoms with Crippen molar-refractivity contribution in [3.63, 3.8) is 0 Å². The van der Waals surface area contributed by atoms with Crippen molar-refractivity contribution < 1.29 is 18.3 Å². The maximum atomic E-state index is 6.87. The Hall–Kier alpha value is -1.54. The van der Waals surface area contributed by atoms with Crippen molar-refractivity contribution in [3.05, 3.63) is 6.33 Å². The van der Waals surface area contributed by atoms with Gasteiger partial charge in [-0.25, -0.2) is 14.6 Å². The summed E-state index contributed by atoms with van der Waals surface area (Å²) < 4.78 is 27.2. The van der Waals surface area contributed by atoms with Crippen LogP contribution in [0.25, 0.3) is 11.0 Å². The Morgan fingerprint density at radius 1 is 1.06 bits per heavy atom. The van der Waals surface area contributed by atoms with Crippen LogP contribution in [0, 0.1) is 0 Å². The highest BCUT2D eigenvalue weighted by molar-refractivity contribution is 6.74. The molecule has 1 fully saturated rings. The van der Waals surface area contributed by atoms with Crippen molar-refractivity contribution >= 4 is 33.5 Å². The zero-order valence-electron chi connectivity index (χ0n) is 22.7. The maximum absolute atomic E-state index is 6.87. The first-order chi connectivity index (χ1) is 15.5. The quantitative estimate of drug-likeness (QED) is 0.513. The lowest BCUT2D eigenvalue weighted by molar-refractivity contribution is -0.0427. The molecule has 0 spiro atoms. The molecule has 192 valence electrons. The molecule has 0 amide bonds. The van der Waals surface area contributed by atoms with E-state index in [1.165, 1.54) is 6.33 Å². The molecule has 0 aromatic carbocycles. The molecule has 1 unspecified atom stereocenters. The van der Waals surface area contributed by atoms with Crippen LogP contribution in [0.1, 0.15) is 54.2 Å². The van der Waals surface area contributed by atoms with Gasteiger partial charge in [-0.1, -0.05) is 41.5 Å². The lowest BCUT2D eigenvalue weighted by Gasteiger charge is -2.40. The monoisotopic (exact) mass is 509 g/mol. The smallest absolute Gasteiger partial charge is 0.246 e. The van der Waals surface area contributed by atoms with Gasteiger partial charge in [0.15, 0.2) is 28.5 Å². The summed E-state index contributed by atoms with van der Waals surface area (Å²) in [6, 6.07) is 0. The van der Waals surface area contributed by atoms with Gasteiger partial charge in [-0.2, -0.15) is 0 Å². The molecule has 3 atom stereocenters. The Balaban J connectivity index is 1.93. The molecule has 3 rings (SSSR count). The molecule has 1 aliphatic heterocycles. The van der Waals surface area contributed by atoms with Crippen LogP contribution >= 0.6 is 0 Å². The van der Waals surface area contributed by atoms with E-state index in [2.05, 4.69) is 82.8 Å². The van der Waals surface area contributed by atoms with Crippen LogP contribution in [0.3, 0.4) is 0 Å². The third kappa shape index (κ3) is 5.18. The molecular weight excluding hydrogens is 466 g/mol. The summed E-state index contributed by atoms with van der Waals surface area (Å²) in [5, 5.41) is 5.41. The second-order valence-electron chi connectivity index (χ2n) is 12.3. The van der Waals surface area contributed by atoms with Crippen LogP contribution in [0.5, 0.6) is 5.88 Å². The highest BCUT2D eigenvalue weighted by atomic mass is 28.4. The summed E-state index contributed by atoms with van der Waals surface area (Å²) in [7, 11) is -2.43. The normalized spacial score (nSPS) is 22.5. The van der Waals surface area contributed by atoms with E-state index in [9.17, 15) is 0 Å². The number of hydrogen-bond donors (Lipinski definition) is 1. The summed E-state index contributed by atoms with van der Waals surface area (Å²) in [5.74, 6) is 0.720. The van der Waals surface area contributed by atoms with Gasteiger partial charge >= 0.3 is 0 Å². The second-order valence-corrected chi connectivity index (χ2v) is 21.8. The fourth-order valence-corrected chi connectivity index (χ4v) is 5.87. The van der Waals surface area contributed by atoms with E-state index < -0.39 is 16.6 Å². The number of anilines is 1. The molecule has 1 saturated heterocycles. The van der Waals surface area contributed by atoms with Gasteiger partial charge in [0.1, 0.15) is 23.6 Å². The van der Waals surface area contributed by atoms with Gasteiger partial charge in [0.25, 0.3) is 0 Å². The summed E-state index contributed by atoms with van der Waals surface area (Å²) >= 11 is 0. The molecule has 0 bridgehead atoms. The first-order valence-corrected chi connectivity index (χ1v) is 17.8. The molecular formula is C23H43N5O4Si2. The third-order valence-corrected chi connectivity index (χ3v) is 16.8. The number of nitrogen functional groups attached to an aromatic ring is 1. The van der Waals surface area contributed by atoms with E-state index in [1.807, 2.05) is 0 Å². The Bertz CT molecular complexity index is 1010. The Morgan fingerprint density at radius 2 is 1.68 bits per heavy atom. The molecule has 0 saturated carbocycles. The summed E-state index contributed by atoms with van der Waals surface area (Å²) in [5.41, 5.74) is 6.70. The van der Waals surface area contributed by atoms with Crippen LogP contribution in [0.15, 0.2) is 6.33 Å². The molecule has 2 aromatic rings. The van der Waals surface area contributed by atoms with Gasteiger partial charge in [0, 0.05) is 6.42 Å². The first-order valence-electron chi connectivity index (χ1n) is 12.0. The minimum absolute atomic E-state index is 0.0826. The molecule has 2 aromatic heterocycles. The van der Waals surface area contributed by atoms with Gasteiger partial charge in [0.2, 0.25) is 5.88 Å². The van der Waals surface area contributed by atoms with Crippen molar-refractivity contribution in [1.29, 1.82) is 0 Å². The van der Waals surface area contributed by atoms with Crippen LogP contribution in [-0.2, 0) is 13.6 Å². The average Bonchev–Trinajstić information content (AvgIpc) is 3.26. The van der Waals surface area contributed by atoms with Crippen LogP contribution in [-0.4, -0.2) is 62.3 Å². The lowest BCUT2D eigenvalue weighted by atomic mass is 10.2. The van der Waals surface area contributed by atoms with Gasteiger partial charge in [-0.3, -0.25) is 0 Å². The molecule has 11 heteroatoms. The van der Waals surface area contributed by atoms with Crippen molar-refractivity contribution in [2.45, 2.75) is 103 Å². The predicted molar refractivity (Wildman–Crippen MR) is 140 cm³/mol. The second kappa shape index (κ2) is 9.16. The van der Waals surface area contributed by atoms with E-state index in [0.29, 0.717) is 35.8 Å². The number of fused-ring (bicyclic) bond motifs is 1. The highest BCUT2D eigenvalue weighted by Crippen LogP contribution is 2.43. The largest absolute Gasteiger partial charge is 0.479 e. The molecule has 3 heterocycles. The number of nitrogens with zero attached hydrogens (tertiary/aromatic N) is 4. The highest BCUT2D eigenvalue weighted by Gasteiger charge is 2.47. The van der Waals surface area contributed by atoms with Gasteiger partial charge in [-0.15, -0.1) is 5.10 Å². The summed E-state index contributed by atoms with van der Waals surface area (Å²) in [4.78, 5) is 8.53. The molecule has 0 aliphatic carbocycles. The zero-order valence-corrected chi connectivity index (χ0v) is 24.7. The Morgan fingerprint density at radius 3 is 2.24 bits per heavy atom. The number of hydrogen-bond acceptors (Lipinski definition) is 8. The van der Waals surface area contributed by atoms with Crippen molar-refractivity contribution in [2.75, 3.05) is 19.5 Å². The van der Waals surface area contributed by atoms with Gasteiger partial charge in [-0.05, 0) is 36.3 Å². The minimum Gasteiger partial charge on any atom is -0.479 e. The zero-order chi connectivity index (χ0) is 25.7. The molecule has 0 radical (unpaired) electrons. The van der Waals surface area contributed by atoms with E-state index in [-0.39, 0.29) is 28.5 Å². The SMILES string of the molecule is COc1nn([C@H]2CC(O[Si](C)(C)C(C)(C)C)[C@@H](CO[Si](C)(C)C(C)(C)C)O2)c2ncnc(N)c12. The van der Waals surface area contributed by atoms with Gasteiger partial charge in [0.05, 0.1) is 19.8 Å². The lowest BCUT2D eigenvalue weighted by Crippen LogP contribution is -2.48. The topological polar surface area (TPSA) is 107 Å². The Labute approximate surface area is 206 Å². The standard InChI is InChI=1S/C23H43N5O4Si2/c1-22(2,3)33(8,9)30-13-16-15(32-34(10,11)23(4,5)6)12-17(31-16)28-20-18(21(27-28)29-7)19(24)25-14-26-20/h14-17H,12-13H2,1-11H3,(H2,24,25,26)/t15?,16-,17-/m1/s1. The fourth-order valence-electron chi connectivity index (χ4n) is 3.49. The Kier molecular flexibility index (Phi) is 7.29. The number of nitrogens with two attached hydrogens (primary N) is 1.